The molecule has 0 bridgehead atoms. The quantitative estimate of drug-likeness (QED) is 0.699. The Morgan fingerprint density at radius 1 is 1.32 bits per heavy atom. The van der Waals surface area contributed by atoms with E-state index in [1.165, 1.54) is 23.9 Å². The molecule has 1 aliphatic rings. The van der Waals surface area contributed by atoms with Crippen molar-refractivity contribution in [2.75, 3.05) is 13.1 Å². The van der Waals surface area contributed by atoms with Gasteiger partial charge in [-0.25, -0.2) is 9.37 Å². The lowest BCUT2D eigenvalue weighted by atomic mass is 9.99. The zero-order chi connectivity index (χ0) is 17.8. The topological polar surface area (TPSA) is 33.2 Å². The van der Waals surface area contributed by atoms with Crippen LogP contribution in [0.1, 0.15) is 35.9 Å². The Bertz CT molecular complexity index is 763. The first-order chi connectivity index (χ1) is 12.0. The van der Waals surface area contributed by atoms with E-state index in [2.05, 4.69) is 11.9 Å². The van der Waals surface area contributed by atoms with Gasteiger partial charge in [0, 0.05) is 23.7 Å². The van der Waals surface area contributed by atoms with Crippen LogP contribution in [0.25, 0.3) is 0 Å². The molecule has 1 aromatic carbocycles. The maximum atomic E-state index is 13.1. The Labute approximate surface area is 156 Å². The highest BCUT2D eigenvalue weighted by molar-refractivity contribution is 7.98. The van der Waals surface area contributed by atoms with Gasteiger partial charge in [0.1, 0.15) is 11.5 Å². The van der Waals surface area contributed by atoms with Crippen LogP contribution in [-0.2, 0) is 5.75 Å². The van der Waals surface area contributed by atoms with E-state index in [0.29, 0.717) is 22.4 Å². The van der Waals surface area contributed by atoms with Gasteiger partial charge < -0.3 is 4.90 Å². The van der Waals surface area contributed by atoms with Gasteiger partial charge in [-0.3, -0.25) is 4.79 Å². The smallest absolute Gasteiger partial charge is 0.272 e. The molecule has 1 aliphatic heterocycles. The van der Waals surface area contributed by atoms with Gasteiger partial charge in [0.2, 0.25) is 0 Å². The first kappa shape index (κ1) is 18.2. The normalized spacial score (nSPS) is 15.4. The van der Waals surface area contributed by atoms with Crippen molar-refractivity contribution in [1.29, 1.82) is 0 Å². The number of hydrogen-bond acceptors (Lipinski definition) is 3. The van der Waals surface area contributed by atoms with Gasteiger partial charge in [-0.05, 0) is 49.1 Å². The molecule has 6 heteroatoms. The molecule has 0 spiro atoms. The van der Waals surface area contributed by atoms with Crippen molar-refractivity contribution in [1.82, 2.24) is 9.88 Å². The SMILES string of the molecule is CC1CCN(C(=O)c2cccc(CSc3ccc(F)cc3Cl)n2)CC1. The molecular weight excluding hydrogens is 359 g/mol. The van der Waals surface area contributed by atoms with Crippen molar-refractivity contribution in [3.8, 4) is 0 Å². The zero-order valence-electron chi connectivity index (χ0n) is 14.0. The number of nitrogens with zero attached hydrogens (tertiary/aromatic N) is 2. The van der Waals surface area contributed by atoms with E-state index in [4.69, 9.17) is 11.6 Å². The standard InChI is InChI=1S/C19H20ClFN2OS/c1-13-7-9-23(10-8-13)19(24)17-4-2-3-15(22-17)12-25-18-6-5-14(21)11-16(18)20/h2-6,11,13H,7-10,12H2,1H3. The van der Waals surface area contributed by atoms with Crippen LogP contribution in [0.3, 0.4) is 0 Å². The number of halogens is 2. The molecule has 1 aromatic heterocycles. The number of piperidine rings is 1. The average molecular weight is 379 g/mol. The first-order valence-corrected chi connectivity index (χ1v) is 9.72. The molecule has 0 saturated carbocycles. The summed E-state index contributed by atoms with van der Waals surface area (Å²) in [6.07, 6.45) is 2.09. The lowest BCUT2D eigenvalue weighted by Gasteiger charge is -2.30. The third-order valence-electron chi connectivity index (χ3n) is 4.37. The second-order valence-corrected chi connectivity index (χ2v) is 7.78. The number of rotatable bonds is 4. The minimum Gasteiger partial charge on any atom is -0.337 e. The van der Waals surface area contributed by atoms with E-state index in [0.717, 1.165) is 36.5 Å². The number of carbonyl (C=O) groups is 1. The van der Waals surface area contributed by atoms with Gasteiger partial charge in [0.25, 0.3) is 5.91 Å². The average Bonchev–Trinajstić information content (AvgIpc) is 2.61. The monoisotopic (exact) mass is 378 g/mol. The van der Waals surface area contributed by atoms with Crippen LogP contribution in [0.2, 0.25) is 5.02 Å². The Balaban J connectivity index is 1.66. The summed E-state index contributed by atoms with van der Waals surface area (Å²) < 4.78 is 13.1. The van der Waals surface area contributed by atoms with Crippen molar-refractivity contribution < 1.29 is 9.18 Å². The Morgan fingerprint density at radius 2 is 2.08 bits per heavy atom. The van der Waals surface area contributed by atoms with E-state index in [-0.39, 0.29) is 11.7 Å². The maximum Gasteiger partial charge on any atom is 0.272 e. The number of hydrogen-bond donors (Lipinski definition) is 0. The summed E-state index contributed by atoms with van der Waals surface area (Å²) in [6, 6.07) is 9.85. The van der Waals surface area contributed by atoms with Gasteiger partial charge in [0.05, 0.1) is 10.7 Å². The predicted molar refractivity (Wildman–Crippen MR) is 99.5 cm³/mol. The fraction of sp³-hybridized carbons (Fsp3) is 0.368. The third kappa shape index (κ3) is 4.73. The highest BCUT2D eigenvalue weighted by Gasteiger charge is 2.22. The van der Waals surface area contributed by atoms with Crippen LogP contribution in [0.4, 0.5) is 4.39 Å². The molecule has 0 N–H and O–H groups in total. The van der Waals surface area contributed by atoms with E-state index in [1.807, 2.05) is 17.0 Å². The molecule has 0 atom stereocenters. The van der Waals surface area contributed by atoms with E-state index in [1.54, 1.807) is 12.1 Å². The number of aromatic nitrogens is 1. The molecule has 1 amide bonds. The van der Waals surface area contributed by atoms with Crippen LogP contribution in [0, 0.1) is 11.7 Å². The largest absolute Gasteiger partial charge is 0.337 e. The fourth-order valence-electron chi connectivity index (χ4n) is 2.80. The van der Waals surface area contributed by atoms with E-state index < -0.39 is 0 Å². The summed E-state index contributed by atoms with van der Waals surface area (Å²) in [4.78, 5) is 19.8. The zero-order valence-corrected chi connectivity index (χ0v) is 15.6. The van der Waals surface area contributed by atoms with Crippen molar-refractivity contribution in [3.05, 3.63) is 58.6 Å². The lowest BCUT2D eigenvalue weighted by molar-refractivity contribution is 0.0691. The number of amides is 1. The summed E-state index contributed by atoms with van der Waals surface area (Å²) >= 11 is 7.53. The maximum absolute atomic E-state index is 13.1. The van der Waals surface area contributed by atoms with Crippen LogP contribution >= 0.6 is 23.4 Å². The van der Waals surface area contributed by atoms with Gasteiger partial charge >= 0.3 is 0 Å². The van der Waals surface area contributed by atoms with Crippen molar-refractivity contribution in [2.45, 2.75) is 30.4 Å². The first-order valence-electron chi connectivity index (χ1n) is 8.36. The summed E-state index contributed by atoms with van der Waals surface area (Å²) in [5.74, 6) is 0.901. The molecule has 1 fully saturated rings. The van der Waals surface area contributed by atoms with Crippen molar-refractivity contribution >= 4 is 29.3 Å². The Hall–Kier alpha value is -1.59. The predicted octanol–water partition coefficient (Wildman–Crippen LogP) is 5.04. The fourth-order valence-corrected chi connectivity index (χ4v) is 3.95. The highest BCUT2D eigenvalue weighted by Crippen LogP contribution is 2.30. The second-order valence-electron chi connectivity index (χ2n) is 6.35. The number of thioether (sulfide) groups is 1. The van der Waals surface area contributed by atoms with Gasteiger partial charge in [-0.15, -0.1) is 11.8 Å². The minimum absolute atomic E-state index is 0.00133. The molecule has 2 heterocycles. The van der Waals surface area contributed by atoms with E-state index in [9.17, 15) is 9.18 Å². The third-order valence-corrected chi connectivity index (χ3v) is 5.90. The molecule has 1 saturated heterocycles. The second kappa shape index (κ2) is 8.19. The molecule has 132 valence electrons. The van der Waals surface area contributed by atoms with Gasteiger partial charge in [-0.2, -0.15) is 0 Å². The summed E-state index contributed by atoms with van der Waals surface area (Å²) in [5, 5.41) is 0.389. The van der Waals surface area contributed by atoms with Crippen LogP contribution in [-0.4, -0.2) is 28.9 Å². The molecule has 3 nitrogen and oxygen atoms in total. The highest BCUT2D eigenvalue weighted by atomic mass is 35.5. The van der Waals surface area contributed by atoms with E-state index >= 15 is 0 Å². The molecule has 0 radical (unpaired) electrons. The summed E-state index contributed by atoms with van der Waals surface area (Å²) in [7, 11) is 0. The van der Waals surface area contributed by atoms with Crippen LogP contribution < -0.4 is 0 Å². The summed E-state index contributed by atoms with van der Waals surface area (Å²) in [6.45, 7) is 3.82. The van der Waals surface area contributed by atoms with Gasteiger partial charge in [-0.1, -0.05) is 24.6 Å². The van der Waals surface area contributed by atoms with Crippen LogP contribution in [0.5, 0.6) is 0 Å². The van der Waals surface area contributed by atoms with Crippen molar-refractivity contribution in [2.24, 2.45) is 5.92 Å². The Kier molecular flexibility index (Phi) is 5.97. The number of benzene rings is 1. The molecule has 3 rings (SSSR count). The molecule has 0 unspecified atom stereocenters. The molecule has 0 aliphatic carbocycles. The molecule has 2 aromatic rings. The summed E-state index contributed by atoms with van der Waals surface area (Å²) in [5.41, 5.74) is 1.29. The Morgan fingerprint density at radius 3 is 2.80 bits per heavy atom. The number of carbonyl (C=O) groups excluding carboxylic acids is 1. The minimum atomic E-state index is -0.351. The van der Waals surface area contributed by atoms with Gasteiger partial charge in [0.15, 0.2) is 0 Å². The van der Waals surface area contributed by atoms with Crippen molar-refractivity contribution in [3.63, 3.8) is 0 Å². The van der Waals surface area contributed by atoms with Crippen LogP contribution in [0.15, 0.2) is 41.3 Å². The molecule has 25 heavy (non-hydrogen) atoms. The number of likely N-dealkylation sites (tertiary alicyclic amines) is 1. The lowest BCUT2D eigenvalue weighted by Crippen LogP contribution is -2.38. The molecular formula is C19H20ClFN2OS. The number of pyridine rings is 1.